The van der Waals surface area contributed by atoms with E-state index in [1.165, 1.54) is 27.4 Å². The third-order valence-corrected chi connectivity index (χ3v) is 9.93. The summed E-state index contributed by atoms with van der Waals surface area (Å²) < 4.78 is 2.39. The molecule has 0 saturated carbocycles. The van der Waals surface area contributed by atoms with Crippen molar-refractivity contribution < 1.29 is 0 Å². The molecule has 0 bridgehead atoms. The molecule has 3 heterocycles. The summed E-state index contributed by atoms with van der Waals surface area (Å²) in [5.74, 6) is 1.90. The van der Waals surface area contributed by atoms with Gasteiger partial charge in [0.2, 0.25) is 0 Å². The second-order valence-electron chi connectivity index (χ2n) is 14.5. The van der Waals surface area contributed by atoms with Crippen LogP contribution < -0.4 is 0 Å². The molecular formula is C48H37N5. The molecular weight excluding hydrogens is 647 g/mol. The molecule has 0 unspecified atom stereocenters. The van der Waals surface area contributed by atoms with E-state index in [1.54, 1.807) is 6.20 Å². The summed E-state index contributed by atoms with van der Waals surface area (Å²) in [5, 5.41) is 2.48. The molecule has 53 heavy (non-hydrogen) atoms. The van der Waals surface area contributed by atoms with Crippen LogP contribution in [0.15, 0.2) is 170 Å². The molecule has 0 aliphatic rings. The highest BCUT2D eigenvalue weighted by atomic mass is 15.0. The van der Waals surface area contributed by atoms with Crippen LogP contribution in [0.4, 0.5) is 0 Å². The van der Waals surface area contributed by atoms with Gasteiger partial charge in [-0.05, 0) is 69.6 Å². The van der Waals surface area contributed by atoms with Gasteiger partial charge in [-0.1, -0.05) is 142 Å². The van der Waals surface area contributed by atoms with Crippen LogP contribution in [0.1, 0.15) is 26.3 Å². The van der Waals surface area contributed by atoms with E-state index in [1.807, 2.05) is 42.6 Å². The molecule has 9 aromatic rings. The largest absolute Gasteiger partial charge is 0.309 e. The Labute approximate surface area is 309 Å². The van der Waals surface area contributed by atoms with Gasteiger partial charge in [-0.3, -0.25) is 4.98 Å². The summed E-state index contributed by atoms with van der Waals surface area (Å²) in [6, 6.07) is 55.3. The molecule has 0 aliphatic heterocycles. The molecule has 0 spiro atoms. The first-order valence-electron chi connectivity index (χ1n) is 18.0. The number of hydrogen-bond acceptors (Lipinski definition) is 4. The topological polar surface area (TPSA) is 56.5 Å². The molecule has 9 rings (SSSR count). The van der Waals surface area contributed by atoms with Gasteiger partial charge in [0.05, 0.1) is 11.0 Å². The molecule has 0 amide bonds. The normalized spacial score (nSPS) is 11.7. The van der Waals surface area contributed by atoms with Crippen molar-refractivity contribution in [1.82, 2.24) is 24.5 Å². The molecule has 5 nitrogen and oxygen atoms in total. The van der Waals surface area contributed by atoms with Crippen LogP contribution in [0.5, 0.6) is 0 Å². The average Bonchev–Trinajstić information content (AvgIpc) is 3.54. The van der Waals surface area contributed by atoms with Crippen molar-refractivity contribution in [3.8, 4) is 62.1 Å². The number of rotatable bonds is 6. The Hall–Kier alpha value is -6.72. The third kappa shape index (κ3) is 6.17. The number of para-hydroxylation sites is 1. The zero-order valence-corrected chi connectivity index (χ0v) is 29.9. The lowest BCUT2D eigenvalue weighted by Crippen LogP contribution is -2.10. The number of fused-ring (bicyclic) bond motifs is 3. The number of nitrogens with zero attached hydrogens (tertiary/aromatic N) is 5. The SMILES string of the molecule is CC(C)(C)c1ccc2c3cc(-c4ccc(-c5nc(-c6ccccc6)nc(-c6ccc(-c7cccnc7)cc6)n5)cc4)ccc3n(-c3ccccc3)c2c1. The first-order chi connectivity index (χ1) is 25.9. The fourth-order valence-corrected chi connectivity index (χ4v) is 7.03. The van der Waals surface area contributed by atoms with Crippen molar-refractivity contribution in [2.75, 3.05) is 0 Å². The van der Waals surface area contributed by atoms with E-state index in [-0.39, 0.29) is 5.41 Å². The lowest BCUT2D eigenvalue weighted by atomic mass is 9.86. The fourth-order valence-electron chi connectivity index (χ4n) is 7.03. The van der Waals surface area contributed by atoms with Crippen LogP contribution in [0, 0.1) is 0 Å². The van der Waals surface area contributed by atoms with E-state index >= 15 is 0 Å². The van der Waals surface area contributed by atoms with Crippen molar-refractivity contribution in [3.05, 3.63) is 176 Å². The number of benzene rings is 6. The van der Waals surface area contributed by atoms with Crippen molar-refractivity contribution >= 4 is 21.8 Å². The fraction of sp³-hybridized carbons (Fsp3) is 0.0833. The molecule has 0 atom stereocenters. The van der Waals surface area contributed by atoms with Gasteiger partial charge in [0.1, 0.15) is 0 Å². The van der Waals surface area contributed by atoms with E-state index in [2.05, 4.69) is 152 Å². The van der Waals surface area contributed by atoms with Crippen LogP contribution in [0.25, 0.3) is 83.9 Å². The van der Waals surface area contributed by atoms with Crippen LogP contribution in [-0.4, -0.2) is 24.5 Å². The Bertz CT molecular complexity index is 2710. The van der Waals surface area contributed by atoms with Crippen LogP contribution in [0.3, 0.4) is 0 Å². The minimum Gasteiger partial charge on any atom is -0.309 e. The zero-order valence-electron chi connectivity index (χ0n) is 29.9. The maximum absolute atomic E-state index is 5.00. The first kappa shape index (κ1) is 32.2. The highest BCUT2D eigenvalue weighted by Gasteiger charge is 2.19. The minimum atomic E-state index is 0.0468. The minimum absolute atomic E-state index is 0.0468. The Balaban J connectivity index is 1.11. The van der Waals surface area contributed by atoms with Gasteiger partial charge >= 0.3 is 0 Å². The third-order valence-electron chi connectivity index (χ3n) is 9.93. The maximum Gasteiger partial charge on any atom is 0.164 e. The van der Waals surface area contributed by atoms with Crippen molar-refractivity contribution in [1.29, 1.82) is 0 Å². The van der Waals surface area contributed by atoms with E-state index < -0.39 is 0 Å². The molecule has 3 aromatic heterocycles. The molecule has 0 fully saturated rings. The summed E-state index contributed by atoms with van der Waals surface area (Å²) in [6.07, 6.45) is 3.66. The van der Waals surface area contributed by atoms with Gasteiger partial charge in [-0.2, -0.15) is 0 Å². The predicted octanol–water partition coefficient (Wildman–Crippen LogP) is 12.0. The van der Waals surface area contributed by atoms with Gasteiger partial charge in [0, 0.05) is 45.5 Å². The summed E-state index contributed by atoms with van der Waals surface area (Å²) in [6.45, 7) is 6.81. The Morgan fingerprint density at radius 2 is 0.943 bits per heavy atom. The van der Waals surface area contributed by atoms with Crippen molar-refractivity contribution in [2.45, 2.75) is 26.2 Å². The molecule has 0 N–H and O–H groups in total. The molecule has 5 heteroatoms. The standard InChI is InChI=1S/C48H37N5/c1-48(2,3)39-25-26-41-42-29-37(24-27-43(42)53(44(41)30-39)40-14-8-5-9-15-40)32-16-20-35(21-17-32)46-50-45(34-11-6-4-7-12-34)51-47(52-46)36-22-18-33(19-23-36)38-13-10-28-49-31-38/h4-31H,1-3H3. The average molecular weight is 684 g/mol. The molecule has 0 aliphatic carbocycles. The second-order valence-corrected chi connectivity index (χ2v) is 14.5. The van der Waals surface area contributed by atoms with E-state index in [9.17, 15) is 0 Å². The smallest absolute Gasteiger partial charge is 0.164 e. The summed E-state index contributed by atoms with van der Waals surface area (Å²) in [5.41, 5.74) is 12.2. The predicted molar refractivity (Wildman–Crippen MR) is 218 cm³/mol. The summed E-state index contributed by atoms with van der Waals surface area (Å²) in [4.78, 5) is 19.2. The van der Waals surface area contributed by atoms with Crippen molar-refractivity contribution in [2.24, 2.45) is 0 Å². The lowest BCUT2D eigenvalue weighted by molar-refractivity contribution is 0.591. The summed E-state index contributed by atoms with van der Waals surface area (Å²) >= 11 is 0. The Morgan fingerprint density at radius 1 is 0.415 bits per heavy atom. The van der Waals surface area contributed by atoms with E-state index in [4.69, 9.17) is 15.0 Å². The zero-order chi connectivity index (χ0) is 35.9. The number of pyridine rings is 1. The number of aromatic nitrogens is 5. The quantitative estimate of drug-likeness (QED) is 0.175. The van der Waals surface area contributed by atoms with Crippen LogP contribution in [-0.2, 0) is 5.41 Å². The van der Waals surface area contributed by atoms with Gasteiger partial charge in [-0.15, -0.1) is 0 Å². The monoisotopic (exact) mass is 683 g/mol. The van der Waals surface area contributed by atoms with Crippen molar-refractivity contribution in [3.63, 3.8) is 0 Å². The van der Waals surface area contributed by atoms with Gasteiger partial charge in [-0.25, -0.2) is 15.0 Å². The van der Waals surface area contributed by atoms with Gasteiger partial charge in [0.25, 0.3) is 0 Å². The second kappa shape index (κ2) is 13.1. The summed E-state index contributed by atoms with van der Waals surface area (Å²) in [7, 11) is 0. The highest BCUT2D eigenvalue weighted by Crippen LogP contribution is 2.37. The first-order valence-corrected chi connectivity index (χ1v) is 18.0. The Kier molecular flexibility index (Phi) is 7.97. The van der Waals surface area contributed by atoms with Crippen LogP contribution in [0.2, 0.25) is 0 Å². The molecule has 6 aromatic carbocycles. The molecule has 0 saturated heterocycles. The molecule has 0 radical (unpaired) electrons. The lowest BCUT2D eigenvalue weighted by Gasteiger charge is -2.19. The maximum atomic E-state index is 5.00. The van der Waals surface area contributed by atoms with Gasteiger partial charge < -0.3 is 4.57 Å². The van der Waals surface area contributed by atoms with Gasteiger partial charge in [0.15, 0.2) is 17.5 Å². The van der Waals surface area contributed by atoms with E-state index in [0.29, 0.717) is 17.5 Å². The van der Waals surface area contributed by atoms with Crippen LogP contribution >= 0.6 is 0 Å². The van der Waals surface area contributed by atoms with E-state index in [0.717, 1.165) is 44.6 Å². The number of hydrogen-bond donors (Lipinski definition) is 0. The Morgan fingerprint density at radius 3 is 1.53 bits per heavy atom. The highest BCUT2D eigenvalue weighted by molar-refractivity contribution is 6.10. The molecule has 254 valence electrons.